The molecule has 2 unspecified atom stereocenters. The number of amides is 1. The summed E-state index contributed by atoms with van der Waals surface area (Å²) in [6.45, 7) is 1.57. The third-order valence-corrected chi connectivity index (χ3v) is 10.8. The number of esters is 1. The average molecular weight is 822 g/mol. The van der Waals surface area contributed by atoms with Crippen LogP contribution in [0, 0.1) is 0 Å². The van der Waals surface area contributed by atoms with Crippen LogP contribution in [-0.4, -0.2) is 103 Å². The fraction of sp³-hybridized carbons (Fsp3) is 0.444. The molecule has 4 heterocycles. The smallest absolute Gasteiger partial charge is 0.459 e. The number of aliphatic hydroxyl groups excluding tert-OH is 1. The van der Waals surface area contributed by atoms with Crippen LogP contribution in [0.25, 0.3) is 11.0 Å². The Morgan fingerprint density at radius 1 is 1.09 bits per heavy atom. The highest BCUT2D eigenvalue weighted by Crippen LogP contribution is 2.48. The van der Waals surface area contributed by atoms with E-state index >= 15 is 8.78 Å². The first kappa shape index (κ1) is 41.5. The molecule has 0 saturated carbocycles. The van der Waals surface area contributed by atoms with Crippen molar-refractivity contribution in [3.8, 4) is 17.2 Å². The third-order valence-electron chi connectivity index (χ3n) is 9.13. The van der Waals surface area contributed by atoms with Gasteiger partial charge in [0, 0.05) is 30.7 Å². The van der Waals surface area contributed by atoms with E-state index in [0.717, 1.165) is 25.4 Å². The second-order valence-electron chi connectivity index (χ2n) is 13.3. The van der Waals surface area contributed by atoms with E-state index in [2.05, 4.69) is 20.3 Å². The minimum Gasteiger partial charge on any atom is -0.497 e. The Labute approximate surface area is 324 Å². The van der Waals surface area contributed by atoms with Crippen LogP contribution in [0.2, 0.25) is 0 Å². The molecule has 3 N–H and O–H groups in total. The average Bonchev–Trinajstić information content (AvgIpc) is 3.70. The van der Waals surface area contributed by atoms with Crippen molar-refractivity contribution in [3.63, 3.8) is 0 Å². The molecule has 4 aromatic rings. The number of carbonyl (C=O) groups excluding carboxylic acids is 2. The predicted octanol–water partition coefficient (Wildman–Crippen LogP) is 4.47. The van der Waals surface area contributed by atoms with E-state index in [1.165, 1.54) is 33.3 Å². The number of benzene rings is 2. The number of rotatable bonds is 15. The number of carbonyl (C=O) groups is 2. The van der Waals surface area contributed by atoms with Gasteiger partial charge in [-0.15, -0.1) is 0 Å². The van der Waals surface area contributed by atoms with E-state index in [-0.39, 0.29) is 30.0 Å². The zero-order chi connectivity index (χ0) is 40.9. The van der Waals surface area contributed by atoms with Gasteiger partial charge in [-0.25, -0.2) is 14.2 Å². The number of nitrogens with zero attached hydrogens (tertiary/aromatic N) is 3. The number of likely N-dealkylation sites (tertiary alicyclic amines) is 1. The highest BCUT2D eigenvalue weighted by Gasteiger charge is 2.60. The van der Waals surface area contributed by atoms with E-state index in [4.69, 9.17) is 37.1 Å². The molecule has 308 valence electrons. The van der Waals surface area contributed by atoms with Crippen molar-refractivity contribution in [1.82, 2.24) is 19.5 Å². The van der Waals surface area contributed by atoms with Crippen molar-refractivity contribution in [1.29, 1.82) is 0 Å². The summed E-state index contributed by atoms with van der Waals surface area (Å²) in [5.41, 5.74) is -0.880. The third kappa shape index (κ3) is 9.89. The minimum atomic E-state index is -4.54. The Morgan fingerprint density at radius 2 is 1.82 bits per heavy atom. The molecule has 0 spiro atoms. The zero-order valence-corrected chi connectivity index (χ0v) is 32.2. The molecule has 0 aliphatic carbocycles. The number of furan rings is 1. The maximum atomic E-state index is 15.5. The van der Waals surface area contributed by atoms with Gasteiger partial charge in [0.2, 0.25) is 6.23 Å². The molecule has 2 aliphatic heterocycles. The number of piperidine rings is 1. The fourth-order valence-electron chi connectivity index (χ4n) is 6.07. The summed E-state index contributed by atoms with van der Waals surface area (Å²) in [7, 11) is 0.358. The highest BCUT2D eigenvalue weighted by atomic mass is 31.2. The Morgan fingerprint density at radius 3 is 2.51 bits per heavy atom. The number of anilines is 1. The number of aliphatic hydroxyl groups is 1. The molecule has 2 aromatic heterocycles. The lowest BCUT2D eigenvalue weighted by atomic mass is 10.1. The maximum absolute atomic E-state index is 15.5. The number of para-hydroxylation sites is 1. The van der Waals surface area contributed by atoms with Crippen molar-refractivity contribution >= 4 is 36.6 Å². The van der Waals surface area contributed by atoms with Crippen LogP contribution in [0.15, 0.2) is 70.0 Å². The number of alkyl halides is 2. The van der Waals surface area contributed by atoms with Gasteiger partial charge < -0.3 is 42.6 Å². The summed E-state index contributed by atoms with van der Waals surface area (Å²) in [6, 6.07) is 12.5. The number of nitrogens with one attached hydrogen (secondary N) is 2. The van der Waals surface area contributed by atoms with Crippen LogP contribution in [-0.2, 0) is 34.7 Å². The molecule has 1 amide bonds. The van der Waals surface area contributed by atoms with Crippen LogP contribution >= 0.6 is 7.75 Å². The summed E-state index contributed by atoms with van der Waals surface area (Å²) >= 11 is 0. The van der Waals surface area contributed by atoms with Gasteiger partial charge in [0.15, 0.2) is 24.0 Å². The molecule has 2 saturated heterocycles. The van der Waals surface area contributed by atoms with Crippen LogP contribution in [0.3, 0.4) is 0 Å². The number of halogens is 2. The topological polar surface area (TPSA) is 211 Å². The maximum Gasteiger partial charge on any atom is 0.459 e. The normalized spacial score (nSPS) is 21.4. The monoisotopic (exact) mass is 821 g/mol. The number of hydrogen-bond donors (Lipinski definition) is 3. The minimum absolute atomic E-state index is 0.0618. The lowest BCUT2D eigenvalue weighted by molar-refractivity contribution is -0.152. The van der Waals surface area contributed by atoms with Gasteiger partial charge in [-0.1, -0.05) is 18.2 Å². The molecule has 6 rings (SSSR count). The lowest BCUT2D eigenvalue weighted by Gasteiger charge is -2.30. The molecule has 2 aromatic carbocycles. The van der Waals surface area contributed by atoms with Crippen molar-refractivity contribution in [2.75, 3.05) is 46.3 Å². The van der Waals surface area contributed by atoms with Gasteiger partial charge in [0.25, 0.3) is 0 Å². The van der Waals surface area contributed by atoms with Crippen molar-refractivity contribution in [3.05, 3.63) is 77.0 Å². The summed E-state index contributed by atoms with van der Waals surface area (Å²) in [6.07, 6.45) is -6.09. The van der Waals surface area contributed by atoms with Gasteiger partial charge in [0.1, 0.15) is 41.3 Å². The summed E-state index contributed by atoms with van der Waals surface area (Å²) < 4.78 is 88.8. The van der Waals surface area contributed by atoms with Gasteiger partial charge in [-0.05, 0) is 57.1 Å². The number of methoxy groups -OCH3 is 2. The number of hydrogen-bond acceptors (Lipinski definition) is 15. The van der Waals surface area contributed by atoms with Crippen molar-refractivity contribution in [2.24, 2.45) is 0 Å². The first-order chi connectivity index (χ1) is 27.2. The molecular weight excluding hydrogens is 779 g/mol. The van der Waals surface area contributed by atoms with Crippen LogP contribution in [0.4, 0.5) is 19.4 Å². The van der Waals surface area contributed by atoms with Gasteiger partial charge >= 0.3 is 31.4 Å². The SMILES string of the molecule is COc1cc(OC)c2oc(COC(=O)Nc3ccn(C4O[C@H](COP(=O)(N[C@@H](C)C(=O)OC5CCN(C)CC5)Oc5ccccc5)[C@@H](O)C4(F)F)c(=O)n3)cc2c1. The van der Waals surface area contributed by atoms with Crippen LogP contribution in [0.5, 0.6) is 17.2 Å². The standard InChI is InChI=1S/C36H42F2N5O13P/c1-21(32(45)54-23-10-13-42(2)14-11-23)41-57(48,56-24-8-6-5-7-9-24)52-20-28-31(44)36(37,38)33(55-28)43-15-12-29(39-34(43)46)40-35(47)51-19-26-17-22-16-25(49-3)18-27(50-4)30(22)53-26/h5-9,12,15-18,21,23,28,31,33,44H,10-11,13-14,19-20H2,1-4H3,(H,41,48)(H,39,40,46,47)/t21-,28+,31+,33?,57?/m0/s1. The van der Waals surface area contributed by atoms with E-state index in [1.54, 1.807) is 36.4 Å². The molecular formula is C36H42F2N5O13P. The molecule has 5 atom stereocenters. The molecule has 0 radical (unpaired) electrons. The van der Waals surface area contributed by atoms with Gasteiger partial charge in [-0.3, -0.25) is 19.2 Å². The first-order valence-corrected chi connectivity index (χ1v) is 19.3. The fourth-order valence-corrected chi connectivity index (χ4v) is 7.58. The Balaban J connectivity index is 1.08. The zero-order valence-electron chi connectivity index (χ0n) is 31.3. The predicted molar refractivity (Wildman–Crippen MR) is 196 cm³/mol. The number of fused-ring (bicyclic) bond motifs is 1. The quantitative estimate of drug-likeness (QED) is 0.112. The summed E-state index contributed by atoms with van der Waals surface area (Å²) in [5.74, 6) is -3.93. The molecule has 21 heteroatoms. The molecule has 57 heavy (non-hydrogen) atoms. The second kappa shape index (κ2) is 17.6. The second-order valence-corrected chi connectivity index (χ2v) is 15.0. The van der Waals surface area contributed by atoms with E-state index in [9.17, 15) is 24.1 Å². The highest BCUT2D eigenvalue weighted by molar-refractivity contribution is 7.52. The van der Waals surface area contributed by atoms with Gasteiger partial charge in [-0.2, -0.15) is 18.9 Å². The summed E-state index contributed by atoms with van der Waals surface area (Å²) in [5, 5.41) is 16.0. The first-order valence-electron chi connectivity index (χ1n) is 17.7. The van der Waals surface area contributed by atoms with Crippen molar-refractivity contribution < 1.29 is 65.2 Å². The van der Waals surface area contributed by atoms with Crippen LogP contribution < -0.4 is 30.1 Å². The van der Waals surface area contributed by atoms with E-state index < -0.39 is 62.5 Å². The molecule has 2 aliphatic rings. The molecule has 2 fully saturated rings. The largest absolute Gasteiger partial charge is 0.497 e. The van der Waals surface area contributed by atoms with E-state index in [1.807, 2.05) is 7.05 Å². The van der Waals surface area contributed by atoms with E-state index in [0.29, 0.717) is 39.9 Å². The Bertz CT molecular complexity index is 2150. The Kier molecular flexibility index (Phi) is 12.8. The number of ether oxygens (including phenoxy) is 5. The molecule has 18 nitrogen and oxygen atoms in total. The van der Waals surface area contributed by atoms with Crippen molar-refractivity contribution in [2.45, 2.75) is 62.9 Å². The molecule has 0 bridgehead atoms. The lowest BCUT2D eigenvalue weighted by Crippen LogP contribution is -2.42. The van der Waals surface area contributed by atoms with Gasteiger partial charge in [0.05, 0.1) is 20.8 Å². The Hall–Kier alpha value is -5.11. The van der Waals surface area contributed by atoms with Crippen LogP contribution in [0.1, 0.15) is 31.8 Å². The summed E-state index contributed by atoms with van der Waals surface area (Å²) in [4.78, 5) is 44.1. The number of aromatic nitrogens is 2.